The lowest BCUT2D eigenvalue weighted by Crippen LogP contribution is -2.34. The van der Waals surface area contributed by atoms with Crippen molar-refractivity contribution in [3.8, 4) is 5.75 Å². The molecule has 1 aliphatic rings. The van der Waals surface area contributed by atoms with Crippen LogP contribution in [-0.2, 0) is 17.5 Å². The zero-order valence-corrected chi connectivity index (χ0v) is 18.1. The number of rotatable bonds is 7. The van der Waals surface area contributed by atoms with Crippen molar-refractivity contribution in [2.75, 3.05) is 33.4 Å². The molecule has 0 amide bonds. The summed E-state index contributed by atoms with van der Waals surface area (Å²) in [6, 6.07) is 8.91. The number of halogens is 3. The number of pyridine rings is 1. The van der Waals surface area contributed by atoms with Crippen LogP contribution in [-0.4, -0.2) is 48.5 Å². The van der Waals surface area contributed by atoms with Gasteiger partial charge >= 0.3 is 6.18 Å². The quantitative estimate of drug-likeness (QED) is 0.476. The van der Waals surface area contributed by atoms with Gasteiger partial charge in [0.05, 0.1) is 23.3 Å². The van der Waals surface area contributed by atoms with Crippen molar-refractivity contribution < 1.29 is 27.2 Å². The number of piperidine rings is 1. The fourth-order valence-corrected chi connectivity index (χ4v) is 4.26. The summed E-state index contributed by atoms with van der Waals surface area (Å²) in [5.74, 6) is 0.614. The molecule has 0 unspecified atom stereocenters. The van der Waals surface area contributed by atoms with E-state index < -0.39 is 11.7 Å². The SMILES string of the molecule is COCCOc1cccc(CN2CCC[C@@H](c3noc4nc(C)cc(C(F)(F)F)c34)C2)c1. The van der Waals surface area contributed by atoms with E-state index in [0.717, 1.165) is 36.8 Å². The van der Waals surface area contributed by atoms with Gasteiger partial charge in [-0.25, -0.2) is 4.98 Å². The summed E-state index contributed by atoms with van der Waals surface area (Å²) in [7, 11) is 1.62. The summed E-state index contributed by atoms with van der Waals surface area (Å²) >= 11 is 0. The zero-order valence-electron chi connectivity index (χ0n) is 18.1. The number of methoxy groups -OCH3 is 1. The third kappa shape index (κ3) is 5.05. The highest BCUT2D eigenvalue weighted by Crippen LogP contribution is 2.40. The number of fused-ring (bicyclic) bond motifs is 1. The van der Waals surface area contributed by atoms with E-state index >= 15 is 0 Å². The van der Waals surface area contributed by atoms with Gasteiger partial charge in [-0.15, -0.1) is 0 Å². The van der Waals surface area contributed by atoms with Gasteiger partial charge in [0, 0.05) is 31.8 Å². The van der Waals surface area contributed by atoms with Crippen molar-refractivity contribution in [3.63, 3.8) is 0 Å². The van der Waals surface area contributed by atoms with Crippen LogP contribution < -0.4 is 4.74 Å². The Balaban J connectivity index is 1.53. The van der Waals surface area contributed by atoms with Crippen LogP contribution in [0, 0.1) is 6.92 Å². The molecule has 4 rings (SSSR count). The molecular weight excluding hydrogens is 423 g/mol. The molecule has 0 bridgehead atoms. The molecule has 0 saturated carbocycles. The maximum Gasteiger partial charge on any atom is 0.417 e. The van der Waals surface area contributed by atoms with E-state index in [1.807, 2.05) is 24.3 Å². The van der Waals surface area contributed by atoms with Gasteiger partial charge in [0.25, 0.3) is 5.71 Å². The van der Waals surface area contributed by atoms with E-state index in [0.29, 0.717) is 32.0 Å². The molecule has 1 aromatic carbocycles. The van der Waals surface area contributed by atoms with Gasteiger partial charge in [-0.3, -0.25) is 4.90 Å². The Morgan fingerprint density at radius 2 is 2.06 bits per heavy atom. The van der Waals surface area contributed by atoms with Crippen LogP contribution >= 0.6 is 0 Å². The number of likely N-dealkylation sites (tertiary alicyclic amines) is 1. The number of benzene rings is 1. The Bertz CT molecular complexity index is 1070. The Hall–Kier alpha value is -2.65. The largest absolute Gasteiger partial charge is 0.491 e. The fraction of sp³-hybridized carbons (Fsp3) is 0.478. The van der Waals surface area contributed by atoms with Crippen LogP contribution in [0.25, 0.3) is 11.1 Å². The Labute approximate surface area is 184 Å². The van der Waals surface area contributed by atoms with Gasteiger partial charge in [-0.05, 0) is 50.1 Å². The molecular formula is C23H26F3N3O3. The average Bonchev–Trinajstić information content (AvgIpc) is 3.17. The van der Waals surface area contributed by atoms with E-state index in [-0.39, 0.29) is 22.7 Å². The van der Waals surface area contributed by atoms with Crippen molar-refractivity contribution in [1.82, 2.24) is 15.0 Å². The second-order valence-corrected chi connectivity index (χ2v) is 8.12. The van der Waals surface area contributed by atoms with E-state index in [4.69, 9.17) is 14.0 Å². The third-order valence-corrected chi connectivity index (χ3v) is 5.66. The lowest BCUT2D eigenvalue weighted by molar-refractivity contribution is -0.136. The van der Waals surface area contributed by atoms with E-state index in [2.05, 4.69) is 15.0 Å². The van der Waals surface area contributed by atoms with Crippen molar-refractivity contribution in [1.29, 1.82) is 0 Å². The van der Waals surface area contributed by atoms with E-state index in [1.165, 1.54) is 6.92 Å². The normalized spacial score (nSPS) is 17.7. The summed E-state index contributed by atoms with van der Waals surface area (Å²) in [5.41, 5.74) is 0.907. The van der Waals surface area contributed by atoms with Crippen LogP contribution in [0.4, 0.5) is 13.2 Å². The lowest BCUT2D eigenvalue weighted by Gasteiger charge is -2.32. The zero-order chi connectivity index (χ0) is 22.7. The molecule has 0 aliphatic carbocycles. The average molecular weight is 449 g/mol. The predicted molar refractivity (Wildman–Crippen MR) is 113 cm³/mol. The Kier molecular flexibility index (Phi) is 6.66. The summed E-state index contributed by atoms with van der Waals surface area (Å²) in [6.07, 6.45) is -2.88. The first kappa shape index (κ1) is 22.5. The highest BCUT2D eigenvalue weighted by atomic mass is 19.4. The molecule has 1 aliphatic heterocycles. The molecule has 2 aromatic heterocycles. The minimum atomic E-state index is -4.50. The summed E-state index contributed by atoms with van der Waals surface area (Å²) < 4.78 is 57.0. The van der Waals surface area contributed by atoms with Gasteiger partial charge in [-0.2, -0.15) is 13.2 Å². The molecule has 172 valence electrons. The van der Waals surface area contributed by atoms with Gasteiger partial charge in [0.2, 0.25) is 0 Å². The van der Waals surface area contributed by atoms with Crippen LogP contribution in [0.15, 0.2) is 34.9 Å². The number of alkyl halides is 3. The second kappa shape index (κ2) is 9.46. The Morgan fingerprint density at radius 1 is 1.22 bits per heavy atom. The summed E-state index contributed by atoms with van der Waals surface area (Å²) in [4.78, 5) is 6.36. The van der Waals surface area contributed by atoms with E-state index in [1.54, 1.807) is 7.11 Å². The number of nitrogens with zero attached hydrogens (tertiary/aromatic N) is 3. The maximum absolute atomic E-state index is 13.7. The standard InChI is InChI=1S/C23H26F3N3O3/c1-15-11-19(23(24,25)26)20-21(28-32-22(20)27-15)17-6-4-8-29(14-17)13-16-5-3-7-18(12-16)31-10-9-30-2/h3,5,7,11-12,17H,4,6,8-10,13-14H2,1-2H3/t17-/m1/s1. The fourth-order valence-electron chi connectivity index (χ4n) is 4.26. The summed E-state index contributed by atoms with van der Waals surface area (Å²) in [5, 5.41) is 4.02. The first-order chi connectivity index (χ1) is 15.3. The Morgan fingerprint density at radius 3 is 2.84 bits per heavy atom. The molecule has 1 fully saturated rings. The number of aromatic nitrogens is 2. The van der Waals surface area contributed by atoms with Gasteiger partial charge in [-0.1, -0.05) is 17.3 Å². The molecule has 0 N–H and O–H groups in total. The van der Waals surface area contributed by atoms with Crippen molar-refractivity contribution in [2.24, 2.45) is 0 Å². The monoisotopic (exact) mass is 449 g/mol. The third-order valence-electron chi connectivity index (χ3n) is 5.66. The molecule has 9 heteroatoms. The molecule has 3 aromatic rings. The lowest BCUT2D eigenvalue weighted by atomic mass is 9.91. The van der Waals surface area contributed by atoms with Crippen molar-refractivity contribution in [2.45, 2.75) is 38.4 Å². The minimum absolute atomic E-state index is 0.0107. The van der Waals surface area contributed by atoms with Crippen molar-refractivity contribution >= 4 is 11.1 Å². The second-order valence-electron chi connectivity index (χ2n) is 8.12. The highest BCUT2D eigenvalue weighted by molar-refractivity contribution is 5.81. The molecule has 3 heterocycles. The van der Waals surface area contributed by atoms with Crippen LogP contribution in [0.3, 0.4) is 0 Å². The van der Waals surface area contributed by atoms with E-state index in [9.17, 15) is 13.2 Å². The maximum atomic E-state index is 13.7. The van der Waals surface area contributed by atoms with Gasteiger partial charge in [0.15, 0.2) is 0 Å². The smallest absolute Gasteiger partial charge is 0.417 e. The molecule has 0 radical (unpaired) electrons. The van der Waals surface area contributed by atoms with Crippen LogP contribution in [0.2, 0.25) is 0 Å². The van der Waals surface area contributed by atoms with Gasteiger partial charge in [0.1, 0.15) is 12.4 Å². The summed E-state index contributed by atoms with van der Waals surface area (Å²) in [6.45, 7) is 4.65. The predicted octanol–water partition coefficient (Wildman–Crippen LogP) is 4.95. The molecule has 1 atom stereocenters. The first-order valence-electron chi connectivity index (χ1n) is 10.6. The number of ether oxygens (including phenoxy) is 2. The van der Waals surface area contributed by atoms with Crippen molar-refractivity contribution in [3.05, 3.63) is 52.8 Å². The van der Waals surface area contributed by atoms with Crippen LogP contribution in [0.5, 0.6) is 5.75 Å². The topological polar surface area (TPSA) is 60.6 Å². The molecule has 6 nitrogen and oxygen atoms in total. The number of hydrogen-bond acceptors (Lipinski definition) is 6. The van der Waals surface area contributed by atoms with Crippen LogP contribution in [0.1, 0.15) is 41.3 Å². The minimum Gasteiger partial charge on any atom is -0.491 e. The number of aryl methyl sites for hydroxylation is 1. The first-order valence-corrected chi connectivity index (χ1v) is 10.6. The highest BCUT2D eigenvalue weighted by Gasteiger charge is 2.37. The molecule has 1 saturated heterocycles. The molecule has 32 heavy (non-hydrogen) atoms. The van der Waals surface area contributed by atoms with Gasteiger partial charge < -0.3 is 14.0 Å². The number of hydrogen-bond donors (Lipinski definition) is 0. The molecule has 0 spiro atoms.